The van der Waals surface area contributed by atoms with Crippen molar-refractivity contribution in [2.75, 3.05) is 24.6 Å². The second kappa shape index (κ2) is 5.60. The van der Waals surface area contributed by atoms with E-state index in [4.69, 9.17) is 5.11 Å². The lowest BCUT2D eigenvalue weighted by Gasteiger charge is -2.22. The van der Waals surface area contributed by atoms with Gasteiger partial charge in [-0.25, -0.2) is 0 Å². The number of para-hydroxylation sites is 1. The summed E-state index contributed by atoms with van der Waals surface area (Å²) in [6.07, 6.45) is 1.11. The fourth-order valence-electron chi connectivity index (χ4n) is 1.40. The monoisotopic (exact) mass is 179 g/mol. The van der Waals surface area contributed by atoms with Crippen LogP contribution in [0.2, 0.25) is 0 Å². The van der Waals surface area contributed by atoms with Crippen LogP contribution in [-0.4, -0.2) is 24.8 Å². The average Bonchev–Trinajstić information content (AvgIpc) is 2.19. The molecule has 1 aromatic carbocycles. The number of aliphatic hydroxyl groups excluding tert-OH is 1. The highest BCUT2D eigenvalue weighted by atomic mass is 16.3. The summed E-state index contributed by atoms with van der Waals surface area (Å²) in [4.78, 5) is 2.19. The standard InChI is InChI=1S/C11H17NO/c1-2-8-12(9-10-13)11-6-4-3-5-7-11/h3-7,13H,2,8-10H2,1H3. The van der Waals surface area contributed by atoms with E-state index in [-0.39, 0.29) is 6.61 Å². The Morgan fingerprint density at radius 3 is 2.38 bits per heavy atom. The molecule has 0 fully saturated rings. The molecule has 0 aromatic heterocycles. The molecule has 1 N–H and O–H groups in total. The molecule has 0 aliphatic heterocycles. The van der Waals surface area contributed by atoms with Gasteiger partial charge in [-0.3, -0.25) is 0 Å². The normalized spacial score (nSPS) is 10.0. The van der Waals surface area contributed by atoms with E-state index in [0.717, 1.165) is 19.5 Å². The number of nitrogens with zero attached hydrogens (tertiary/aromatic N) is 1. The first kappa shape index (κ1) is 10.1. The summed E-state index contributed by atoms with van der Waals surface area (Å²) in [5.41, 5.74) is 1.19. The molecule has 0 unspecified atom stereocenters. The van der Waals surface area contributed by atoms with Crippen LogP contribution in [-0.2, 0) is 0 Å². The van der Waals surface area contributed by atoms with Gasteiger partial charge < -0.3 is 10.0 Å². The molecule has 0 spiro atoms. The van der Waals surface area contributed by atoms with Crippen molar-refractivity contribution in [1.29, 1.82) is 0 Å². The molecule has 0 atom stereocenters. The Morgan fingerprint density at radius 2 is 1.85 bits per heavy atom. The molecule has 13 heavy (non-hydrogen) atoms. The predicted octanol–water partition coefficient (Wildman–Crippen LogP) is 1.90. The maximum atomic E-state index is 8.88. The lowest BCUT2D eigenvalue weighted by atomic mass is 10.2. The third-order valence-corrected chi connectivity index (χ3v) is 1.98. The average molecular weight is 179 g/mol. The summed E-state index contributed by atoms with van der Waals surface area (Å²) < 4.78 is 0. The zero-order valence-electron chi connectivity index (χ0n) is 8.11. The molecule has 2 nitrogen and oxygen atoms in total. The molecule has 0 heterocycles. The topological polar surface area (TPSA) is 23.5 Å². The number of anilines is 1. The van der Waals surface area contributed by atoms with Crippen LogP contribution in [0.15, 0.2) is 30.3 Å². The van der Waals surface area contributed by atoms with Gasteiger partial charge in [0.2, 0.25) is 0 Å². The number of aliphatic hydroxyl groups is 1. The Bertz CT molecular complexity index is 217. The van der Waals surface area contributed by atoms with E-state index in [1.807, 2.05) is 18.2 Å². The smallest absolute Gasteiger partial charge is 0.0606 e. The van der Waals surface area contributed by atoms with Crippen LogP contribution in [0.4, 0.5) is 5.69 Å². The third kappa shape index (κ3) is 3.07. The van der Waals surface area contributed by atoms with Gasteiger partial charge in [-0.05, 0) is 18.6 Å². The Kier molecular flexibility index (Phi) is 4.33. The Hall–Kier alpha value is -1.02. The number of rotatable bonds is 5. The van der Waals surface area contributed by atoms with E-state index in [9.17, 15) is 0 Å². The first-order valence-electron chi connectivity index (χ1n) is 4.79. The van der Waals surface area contributed by atoms with Gasteiger partial charge >= 0.3 is 0 Å². The first-order valence-corrected chi connectivity index (χ1v) is 4.79. The Morgan fingerprint density at radius 1 is 1.15 bits per heavy atom. The van der Waals surface area contributed by atoms with E-state index in [1.165, 1.54) is 5.69 Å². The maximum Gasteiger partial charge on any atom is 0.0606 e. The lowest BCUT2D eigenvalue weighted by molar-refractivity contribution is 0.302. The van der Waals surface area contributed by atoms with E-state index >= 15 is 0 Å². The van der Waals surface area contributed by atoms with Gasteiger partial charge in [-0.2, -0.15) is 0 Å². The molecule has 0 aliphatic carbocycles. The van der Waals surface area contributed by atoms with Gasteiger partial charge in [0.15, 0.2) is 0 Å². The Balaban J connectivity index is 2.64. The zero-order valence-corrected chi connectivity index (χ0v) is 8.11. The highest BCUT2D eigenvalue weighted by Crippen LogP contribution is 2.12. The maximum absolute atomic E-state index is 8.88. The fraction of sp³-hybridized carbons (Fsp3) is 0.455. The highest BCUT2D eigenvalue weighted by molar-refractivity contribution is 5.45. The van der Waals surface area contributed by atoms with Gasteiger partial charge in [0.1, 0.15) is 0 Å². The van der Waals surface area contributed by atoms with Crippen LogP contribution in [0, 0.1) is 0 Å². The zero-order chi connectivity index (χ0) is 9.52. The minimum atomic E-state index is 0.217. The van der Waals surface area contributed by atoms with Crippen molar-refractivity contribution in [2.24, 2.45) is 0 Å². The fourth-order valence-corrected chi connectivity index (χ4v) is 1.40. The largest absolute Gasteiger partial charge is 0.395 e. The van der Waals surface area contributed by atoms with E-state index < -0.39 is 0 Å². The second-order valence-corrected chi connectivity index (χ2v) is 3.05. The molecule has 1 rings (SSSR count). The molecular weight excluding hydrogens is 162 g/mol. The molecule has 0 bridgehead atoms. The molecule has 1 aromatic rings. The molecule has 0 radical (unpaired) electrons. The first-order chi connectivity index (χ1) is 6.38. The van der Waals surface area contributed by atoms with E-state index in [1.54, 1.807) is 0 Å². The van der Waals surface area contributed by atoms with Crippen molar-refractivity contribution in [3.63, 3.8) is 0 Å². The number of benzene rings is 1. The van der Waals surface area contributed by atoms with E-state index in [0.29, 0.717) is 0 Å². The lowest BCUT2D eigenvalue weighted by Crippen LogP contribution is -2.27. The van der Waals surface area contributed by atoms with Crippen molar-refractivity contribution in [3.05, 3.63) is 30.3 Å². The Labute approximate surface area is 79.8 Å². The minimum Gasteiger partial charge on any atom is -0.395 e. The van der Waals surface area contributed by atoms with Crippen molar-refractivity contribution < 1.29 is 5.11 Å². The predicted molar refractivity (Wildman–Crippen MR) is 56.0 cm³/mol. The van der Waals surface area contributed by atoms with Crippen molar-refractivity contribution in [2.45, 2.75) is 13.3 Å². The van der Waals surface area contributed by atoms with Gasteiger partial charge in [0.25, 0.3) is 0 Å². The quantitative estimate of drug-likeness (QED) is 0.746. The summed E-state index contributed by atoms with van der Waals surface area (Å²) in [5, 5.41) is 8.88. The summed E-state index contributed by atoms with van der Waals surface area (Å²) >= 11 is 0. The minimum absolute atomic E-state index is 0.217. The van der Waals surface area contributed by atoms with Crippen LogP contribution >= 0.6 is 0 Å². The summed E-state index contributed by atoms with van der Waals surface area (Å²) in [5.74, 6) is 0. The molecule has 0 saturated carbocycles. The number of hydrogen-bond acceptors (Lipinski definition) is 2. The summed E-state index contributed by atoms with van der Waals surface area (Å²) in [6, 6.07) is 10.2. The van der Waals surface area contributed by atoms with Gasteiger partial charge in [-0.15, -0.1) is 0 Å². The van der Waals surface area contributed by atoms with Crippen molar-refractivity contribution in [1.82, 2.24) is 0 Å². The van der Waals surface area contributed by atoms with E-state index in [2.05, 4.69) is 24.0 Å². The molecule has 0 aliphatic rings. The van der Waals surface area contributed by atoms with Crippen LogP contribution in [0.1, 0.15) is 13.3 Å². The van der Waals surface area contributed by atoms with Crippen molar-refractivity contribution in [3.8, 4) is 0 Å². The van der Waals surface area contributed by atoms with Gasteiger partial charge in [0, 0.05) is 18.8 Å². The molecular formula is C11H17NO. The van der Waals surface area contributed by atoms with Crippen LogP contribution < -0.4 is 4.90 Å². The second-order valence-electron chi connectivity index (χ2n) is 3.05. The summed E-state index contributed by atoms with van der Waals surface area (Å²) in [6.45, 7) is 4.09. The molecule has 2 heteroatoms. The van der Waals surface area contributed by atoms with Gasteiger partial charge in [-0.1, -0.05) is 25.1 Å². The molecule has 72 valence electrons. The van der Waals surface area contributed by atoms with Crippen LogP contribution in [0.3, 0.4) is 0 Å². The van der Waals surface area contributed by atoms with Gasteiger partial charge in [0.05, 0.1) is 6.61 Å². The van der Waals surface area contributed by atoms with Crippen molar-refractivity contribution >= 4 is 5.69 Å². The van der Waals surface area contributed by atoms with Crippen LogP contribution in [0.25, 0.3) is 0 Å². The van der Waals surface area contributed by atoms with Crippen LogP contribution in [0.5, 0.6) is 0 Å². The SMILES string of the molecule is CCCN(CCO)c1ccccc1. The third-order valence-electron chi connectivity index (χ3n) is 1.98. The molecule has 0 amide bonds. The highest BCUT2D eigenvalue weighted by Gasteiger charge is 2.02. The molecule has 0 saturated heterocycles. The number of hydrogen-bond donors (Lipinski definition) is 1. The summed E-state index contributed by atoms with van der Waals surface area (Å²) in [7, 11) is 0.